The maximum Gasteiger partial charge on any atom is 0.273 e. The lowest BCUT2D eigenvalue weighted by molar-refractivity contribution is 0.0743. The van der Waals surface area contributed by atoms with Crippen LogP contribution in [0.1, 0.15) is 59.9 Å². The Balaban J connectivity index is 1.82. The molecule has 31 heavy (non-hydrogen) atoms. The number of aromatic amines is 1. The van der Waals surface area contributed by atoms with Gasteiger partial charge < -0.3 is 14.4 Å². The molecule has 4 rings (SSSR count). The summed E-state index contributed by atoms with van der Waals surface area (Å²) in [7, 11) is 1.64. The highest BCUT2D eigenvalue weighted by Gasteiger charge is 2.42. The van der Waals surface area contributed by atoms with Crippen LogP contribution in [0.4, 0.5) is 0 Å². The number of aryl methyl sites for hydroxylation is 1. The van der Waals surface area contributed by atoms with Crippen molar-refractivity contribution >= 4 is 5.91 Å². The molecule has 1 aliphatic rings. The van der Waals surface area contributed by atoms with Crippen molar-refractivity contribution in [2.45, 2.75) is 39.7 Å². The Morgan fingerprint density at radius 3 is 2.52 bits per heavy atom. The fourth-order valence-corrected chi connectivity index (χ4v) is 4.13. The Kier molecular flexibility index (Phi) is 5.98. The fourth-order valence-electron chi connectivity index (χ4n) is 4.13. The highest BCUT2D eigenvalue weighted by Crippen LogP contribution is 2.44. The van der Waals surface area contributed by atoms with Gasteiger partial charge >= 0.3 is 0 Å². The molecule has 1 N–H and O–H groups in total. The monoisotopic (exact) mass is 419 g/mol. The number of hydrogen-bond donors (Lipinski definition) is 1. The topological polar surface area (TPSA) is 67.5 Å². The average molecular weight is 420 g/mol. The minimum atomic E-state index is -0.230. The molecule has 162 valence electrons. The van der Waals surface area contributed by atoms with E-state index < -0.39 is 0 Å². The van der Waals surface area contributed by atoms with Crippen LogP contribution in [-0.2, 0) is 0 Å². The molecule has 1 aliphatic heterocycles. The highest BCUT2D eigenvalue weighted by molar-refractivity contribution is 6.00. The highest BCUT2D eigenvalue weighted by atomic mass is 16.5. The van der Waals surface area contributed by atoms with Crippen molar-refractivity contribution < 1.29 is 14.3 Å². The van der Waals surface area contributed by atoms with E-state index in [1.807, 2.05) is 23.1 Å². The van der Waals surface area contributed by atoms with Crippen LogP contribution in [-0.4, -0.2) is 41.3 Å². The van der Waals surface area contributed by atoms with Crippen molar-refractivity contribution in [3.8, 4) is 22.8 Å². The molecule has 1 amide bonds. The summed E-state index contributed by atoms with van der Waals surface area (Å²) in [5, 5.41) is 7.54. The number of nitrogens with one attached hydrogen (secondary N) is 1. The molecule has 0 saturated heterocycles. The molecule has 6 heteroatoms. The van der Waals surface area contributed by atoms with Crippen LogP contribution in [0.2, 0.25) is 0 Å². The molecule has 2 aromatic carbocycles. The summed E-state index contributed by atoms with van der Waals surface area (Å²) in [6.45, 7) is 7.50. The van der Waals surface area contributed by atoms with Crippen molar-refractivity contribution in [3.63, 3.8) is 0 Å². The number of hydrogen-bond acceptors (Lipinski definition) is 4. The van der Waals surface area contributed by atoms with E-state index in [9.17, 15) is 4.79 Å². The number of methoxy groups -OCH3 is 1. The Bertz CT molecular complexity index is 1070. The quantitative estimate of drug-likeness (QED) is 0.549. The van der Waals surface area contributed by atoms with Gasteiger partial charge in [0, 0.05) is 17.7 Å². The third-order valence-electron chi connectivity index (χ3n) is 5.62. The summed E-state index contributed by atoms with van der Waals surface area (Å²) >= 11 is 0. The Morgan fingerprint density at radius 2 is 1.84 bits per heavy atom. The van der Waals surface area contributed by atoms with Gasteiger partial charge in [0.2, 0.25) is 0 Å². The number of rotatable bonds is 8. The van der Waals surface area contributed by atoms with Crippen molar-refractivity contribution in [1.82, 2.24) is 15.1 Å². The van der Waals surface area contributed by atoms with E-state index in [0.29, 0.717) is 30.3 Å². The molecule has 6 nitrogen and oxygen atoms in total. The molecule has 1 unspecified atom stereocenters. The van der Waals surface area contributed by atoms with E-state index >= 15 is 0 Å². The molecule has 0 saturated carbocycles. The van der Waals surface area contributed by atoms with Crippen LogP contribution in [0.15, 0.2) is 42.5 Å². The van der Waals surface area contributed by atoms with Gasteiger partial charge in [-0.3, -0.25) is 9.89 Å². The first kappa shape index (κ1) is 21.0. The summed E-state index contributed by atoms with van der Waals surface area (Å²) < 4.78 is 11.4. The van der Waals surface area contributed by atoms with Gasteiger partial charge in [-0.15, -0.1) is 0 Å². The van der Waals surface area contributed by atoms with Gasteiger partial charge in [0.25, 0.3) is 5.91 Å². The second kappa shape index (κ2) is 8.84. The van der Waals surface area contributed by atoms with Gasteiger partial charge in [-0.1, -0.05) is 49.7 Å². The Labute approximate surface area is 183 Å². The van der Waals surface area contributed by atoms with Crippen LogP contribution >= 0.6 is 0 Å². The van der Waals surface area contributed by atoms with E-state index in [-0.39, 0.29) is 11.9 Å². The van der Waals surface area contributed by atoms with Crippen LogP contribution < -0.4 is 9.47 Å². The summed E-state index contributed by atoms with van der Waals surface area (Å²) in [6, 6.07) is 13.9. The van der Waals surface area contributed by atoms with Gasteiger partial charge in [-0.2, -0.15) is 5.10 Å². The predicted octanol–water partition coefficient (Wildman–Crippen LogP) is 5.14. The molecule has 0 fully saturated rings. The fraction of sp³-hybridized carbons (Fsp3) is 0.360. The number of ether oxygens (including phenoxy) is 2. The van der Waals surface area contributed by atoms with Crippen LogP contribution in [0, 0.1) is 6.92 Å². The van der Waals surface area contributed by atoms with E-state index in [1.165, 1.54) is 5.56 Å². The third-order valence-corrected chi connectivity index (χ3v) is 5.62. The van der Waals surface area contributed by atoms with Crippen LogP contribution in [0.5, 0.6) is 11.5 Å². The molecule has 0 aliphatic carbocycles. The summed E-state index contributed by atoms with van der Waals surface area (Å²) in [6.07, 6.45) is 1.79. The molecule has 3 aromatic rings. The van der Waals surface area contributed by atoms with Gasteiger partial charge in [0.05, 0.1) is 25.5 Å². The first-order valence-electron chi connectivity index (χ1n) is 10.9. The first-order chi connectivity index (χ1) is 15.1. The van der Waals surface area contributed by atoms with Crippen molar-refractivity contribution in [2.75, 3.05) is 20.3 Å². The minimum absolute atomic E-state index is 0.0158. The molecule has 0 bridgehead atoms. The van der Waals surface area contributed by atoms with E-state index in [4.69, 9.17) is 9.47 Å². The van der Waals surface area contributed by atoms with Crippen LogP contribution in [0.25, 0.3) is 11.3 Å². The van der Waals surface area contributed by atoms with E-state index in [0.717, 1.165) is 35.2 Å². The van der Waals surface area contributed by atoms with Gasteiger partial charge in [0.15, 0.2) is 11.5 Å². The molecule has 0 spiro atoms. The second-order valence-electron chi connectivity index (χ2n) is 7.89. The van der Waals surface area contributed by atoms with E-state index in [1.54, 1.807) is 7.11 Å². The van der Waals surface area contributed by atoms with Crippen molar-refractivity contribution in [2.24, 2.45) is 0 Å². The summed E-state index contributed by atoms with van der Waals surface area (Å²) in [4.78, 5) is 15.1. The normalized spacial score (nSPS) is 15.3. The third kappa shape index (κ3) is 3.78. The smallest absolute Gasteiger partial charge is 0.273 e. The van der Waals surface area contributed by atoms with Crippen molar-refractivity contribution in [3.05, 3.63) is 64.8 Å². The molecule has 1 aromatic heterocycles. The minimum Gasteiger partial charge on any atom is -0.493 e. The number of carbonyl (C=O) groups excluding carboxylic acids is 1. The maximum absolute atomic E-state index is 13.2. The van der Waals surface area contributed by atoms with Crippen LogP contribution in [0.3, 0.4) is 0 Å². The number of H-pyrrole nitrogens is 1. The molecule has 2 heterocycles. The zero-order chi connectivity index (χ0) is 22.0. The largest absolute Gasteiger partial charge is 0.493 e. The number of benzene rings is 2. The van der Waals surface area contributed by atoms with Crippen molar-refractivity contribution in [1.29, 1.82) is 0 Å². The first-order valence-corrected chi connectivity index (χ1v) is 10.9. The van der Waals surface area contributed by atoms with Gasteiger partial charge in [0.1, 0.15) is 5.69 Å². The maximum atomic E-state index is 13.2. The number of amides is 1. The zero-order valence-electron chi connectivity index (χ0n) is 18.6. The lowest BCUT2D eigenvalue weighted by Crippen LogP contribution is -2.30. The second-order valence-corrected chi connectivity index (χ2v) is 7.89. The Hall–Kier alpha value is -3.28. The number of aromatic nitrogens is 2. The zero-order valence-corrected chi connectivity index (χ0v) is 18.6. The molecule has 1 atom stereocenters. The van der Waals surface area contributed by atoms with E-state index in [2.05, 4.69) is 55.2 Å². The lowest BCUT2D eigenvalue weighted by Gasteiger charge is -2.26. The standard InChI is InChI=1S/C25H29N3O3/c1-5-13-28-24(18-11-12-19(31-14-6-2)20(15-18)30-4)21-22(26-27-23(21)25(28)29)17-9-7-16(3)8-10-17/h7-12,15,24H,5-6,13-14H2,1-4H3,(H,26,27). The molecular formula is C25H29N3O3. The summed E-state index contributed by atoms with van der Waals surface area (Å²) in [5.41, 5.74) is 5.47. The predicted molar refractivity (Wildman–Crippen MR) is 121 cm³/mol. The van der Waals surface area contributed by atoms with Gasteiger partial charge in [-0.05, 0) is 37.5 Å². The number of carbonyl (C=O) groups is 1. The average Bonchev–Trinajstić information content (AvgIpc) is 3.32. The number of fused-ring (bicyclic) bond motifs is 1. The van der Waals surface area contributed by atoms with Gasteiger partial charge in [-0.25, -0.2) is 0 Å². The molecular weight excluding hydrogens is 390 g/mol. The SMILES string of the molecule is CCCOc1ccc(C2c3c(-c4ccc(C)cc4)n[nH]c3C(=O)N2CCC)cc1OC. The molecule has 0 radical (unpaired) electrons. The Morgan fingerprint density at radius 1 is 1.06 bits per heavy atom. The summed E-state index contributed by atoms with van der Waals surface area (Å²) in [5.74, 6) is 1.37. The number of nitrogens with zero attached hydrogens (tertiary/aromatic N) is 2. The lowest BCUT2D eigenvalue weighted by atomic mass is 9.95.